The molecule has 4 nitrogen and oxygen atoms in total. The van der Waals surface area contributed by atoms with Gasteiger partial charge in [-0.2, -0.15) is 0 Å². The second kappa shape index (κ2) is 8.73. The number of rotatable bonds is 6. The van der Waals surface area contributed by atoms with Crippen molar-refractivity contribution < 1.29 is 9.53 Å². The summed E-state index contributed by atoms with van der Waals surface area (Å²) in [7, 11) is 0. The van der Waals surface area contributed by atoms with E-state index in [1.165, 1.54) is 5.56 Å². The van der Waals surface area contributed by atoms with Crippen LogP contribution in [0.5, 0.6) is 5.75 Å². The maximum atomic E-state index is 12.6. The van der Waals surface area contributed by atoms with Gasteiger partial charge in [0.1, 0.15) is 5.75 Å². The molecule has 0 radical (unpaired) electrons. The van der Waals surface area contributed by atoms with Gasteiger partial charge < -0.3 is 15.4 Å². The van der Waals surface area contributed by atoms with Crippen LogP contribution in [0.2, 0.25) is 0 Å². The molecule has 0 aromatic heterocycles. The summed E-state index contributed by atoms with van der Waals surface area (Å²) in [5, 5.41) is 6.28. The summed E-state index contributed by atoms with van der Waals surface area (Å²) in [6, 6.07) is 23.1. The zero-order valence-corrected chi connectivity index (χ0v) is 16.8. The Morgan fingerprint density at radius 3 is 2.22 bits per heavy atom. The van der Waals surface area contributed by atoms with Gasteiger partial charge in [0, 0.05) is 10.2 Å². The number of hydrogen-bond acceptors (Lipinski definition) is 3. The Labute approximate surface area is 167 Å². The number of anilines is 3. The summed E-state index contributed by atoms with van der Waals surface area (Å²) >= 11 is 3.38. The summed E-state index contributed by atoms with van der Waals surface area (Å²) in [5.74, 6) is 0.433. The van der Waals surface area contributed by atoms with Crippen LogP contribution in [0, 0.1) is 6.92 Å². The fourth-order valence-electron chi connectivity index (χ4n) is 2.50. The Balaban J connectivity index is 1.68. The molecule has 0 aliphatic carbocycles. The molecule has 0 fully saturated rings. The zero-order valence-electron chi connectivity index (χ0n) is 15.2. The summed E-state index contributed by atoms with van der Waals surface area (Å²) in [6.07, 6.45) is -0.626. The minimum Gasteiger partial charge on any atom is -0.481 e. The largest absolute Gasteiger partial charge is 0.481 e. The SMILES string of the molecule is Cc1ccc(Nc2ccccc2NC(=O)C(C)Oc2ccc(Br)cc2)cc1. The molecule has 3 aromatic rings. The van der Waals surface area contributed by atoms with Crippen LogP contribution >= 0.6 is 15.9 Å². The zero-order chi connectivity index (χ0) is 19.2. The van der Waals surface area contributed by atoms with E-state index < -0.39 is 6.10 Å². The highest BCUT2D eigenvalue weighted by molar-refractivity contribution is 9.10. The van der Waals surface area contributed by atoms with Crippen molar-refractivity contribution in [3.63, 3.8) is 0 Å². The molecule has 0 aliphatic heterocycles. The van der Waals surface area contributed by atoms with E-state index in [2.05, 4.69) is 26.6 Å². The quantitative estimate of drug-likeness (QED) is 0.517. The lowest BCUT2D eigenvalue weighted by molar-refractivity contribution is -0.122. The number of carbonyl (C=O) groups is 1. The summed E-state index contributed by atoms with van der Waals surface area (Å²) in [6.45, 7) is 3.78. The van der Waals surface area contributed by atoms with Gasteiger partial charge in [-0.05, 0) is 62.4 Å². The summed E-state index contributed by atoms with van der Waals surface area (Å²) < 4.78 is 6.68. The van der Waals surface area contributed by atoms with Crippen LogP contribution in [-0.4, -0.2) is 12.0 Å². The first-order valence-electron chi connectivity index (χ1n) is 8.67. The van der Waals surface area contributed by atoms with Crippen molar-refractivity contribution in [2.24, 2.45) is 0 Å². The standard InChI is InChI=1S/C22H21BrN2O2/c1-15-7-11-18(12-8-15)24-20-5-3-4-6-21(20)25-22(26)16(2)27-19-13-9-17(23)10-14-19/h3-14,16,24H,1-2H3,(H,25,26). The van der Waals surface area contributed by atoms with Crippen LogP contribution in [0.25, 0.3) is 0 Å². The molecule has 5 heteroatoms. The van der Waals surface area contributed by atoms with Crippen molar-refractivity contribution in [1.82, 2.24) is 0 Å². The molecule has 138 valence electrons. The Morgan fingerprint density at radius 2 is 1.56 bits per heavy atom. The highest BCUT2D eigenvalue weighted by atomic mass is 79.9. The molecule has 0 heterocycles. The predicted molar refractivity (Wildman–Crippen MR) is 114 cm³/mol. The summed E-state index contributed by atoms with van der Waals surface area (Å²) in [4.78, 5) is 12.6. The average Bonchev–Trinajstić information content (AvgIpc) is 2.67. The van der Waals surface area contributed by atoms with Crippen LogP contribution < -0.4 is 15.4 Å². The van der Waals surface area contributed by atoms with E-state index in [1.54, 1.807) is 6.92 Å². The molecular weight excluding hydrogens is 404 g/mol. The molecule has 1 amide bonds. The first-order valence-corrected chi connectivity index (χ1v) is 9.46. The lowest BCUT2D eigenvalue weighted by Crippen LogP contribution is -2.30. The van der Waals surface area contributed by atoms with Gasteiger partial charge in [-0.1, -0.05) is 45.8 Å². The monoisotopic (exact) mass is 424 g/mol. The molecular formula is C22H21BrN2O2. The van der Waals surface area contributed by atoms with Crippen molar-refractivity contribution in [2.45, 2.75) is 20.0 Å². The Hall–Kier alpha value is -2.79. The van der Waals surface area contributed by atoms with Crippen LogP contribution in [0.15, 0.2) is 77.3 Å². The fraction of sp³-hybridized carbons (Fsp3) is 0.136. The van der Waals surface area contributed by atoms with Gasteiger partial charge in [-0.15, -0.1) is 0 Å². The maximum Gasteiger partial charge on any atom is 0.265 e. The van der Waals surface area contributed by atoms with Gasteiger partial charge in [0.05, 0.1) is 11.4 Å². The fourth-order valence-corrected chi connectivity index (χ4v) is 2.76. The van der Waals surface area contributed by atoms with E-state index in [1.807, 2.05) is 79.7 Å². The van der Waals surface area contributed by atoms with Crippen molar-refractivity contribution >= 4 is 38.9 Å². The molecule has 0 bridgehead atoms. The molecule has 0 saturated carbocycles. The van der Waals surface area contributed by atoms with Crippen LogP contribution in [-0.2, 0) is 4.79 Å². The van der Waals surface area contributed by atoms with E-state index in [-0.39, 0.29) is 5.91 Å². The number of nitrogens with one attached hydrogen (secondary N) is 2. The first kappa shape index (κ1) is 19.0. The topological polar surface area (TPSA) is 50.4 Å². The van der Waals surface area contributed by atoms with Gasteiger partial charge in [-0.3, -0.25) is 4.79 Å². The lowest BCUT2D eigenvalue weighted by atomic mass is 10.2. The second-order valence-corrected chi connectivity index (χ2v) is 7.16. The third-order valence-corrected chi connectivity index (χ3v) is 4.54. The van der Waals surface area contributed by atoms with Gasteiger partial charge in [0.2, 0.25) is 0 Å². The smallest absolute Gasteiger partial charge is 0.265 e. The van der Waals surface area contributed by atoms with Crippen molar-refractivity contribution in [1.29, 1.82) is 0 Å². The van der Waals surface area contributed by atoms with Crippen molar-refractivity contribution in [3.8, 4) is 5.75 Å². The van der Waals surface area contributed by atoms with E-state index in [0.29, 0.717) is 11.4 Å². The minimum absolute atomic E-state index is 0.212. The number of hydrogen-bond donors (Lipinski definition) is 2. The number of ether oxygens (including phenoxy) is 1. The molecule has 0 spiro atoms. The lowest BCUT2D eigenvalue weighted by Gasteiger charge is -2.17. The van der Waals surface area contributed by atoms with E-state index in [9.17, 15) is 4.79 Å². The number of carbonyl (C=O) groups excluding carboxylic acids is 1. The van der Waals surface area contributed by atoms with Gasteiger partial charge in [0.25, 0.3) is 5.91 Å². The molecule has 1 unspecified atom stereocenters. The second-order valence-electron chi connectivity index (χ2n) is 6.24. The number of amides is 1. The third kappa shape index (κ3) is 5.34. The summed E-state index contributed by atoms with van der Waals surface area (Å²) in [5.41, 5.74) is 3.68. The minimum atomic E-state index is -0.626. The highest BCUT2D eigenvalue weighted by Gasteiger charge is 2.16. The normalized spacial score (nSPS) is 11.5. The predicted octanol–water partition coefficient (Wildman–Crippen LogP) is 5.91. The van der Waals surface area contributed by atoms with E-state index >= 15 is 0 Å². The highest BCUT2D eigenvalue weighted by Crippen LogP contribution is 2.26. The molecule has 0 saturated heterocycles. The molecule has 27 heavy (non-hydrogen) atoms. The van der Waals surface area contributed by atoms with Crippen LogP contribution in [0.1, 0.15) is 12.5 Å². The average molecular weight is 425 g/mol. The molecule has 2 N–H and O–H groups in total. The van der Waals surface area contributed by atoms with Crippen molar-refractivity contribution in [2.75, 3.05) is 10.6 Å². The van der Waals surface area contributed by atoms with Gasteiger partial charge >= 0.3 is 0 Å². The van der Waals surface area contributed by atoms with Gasteiger partial charge in [0.15, 0.2) is 6.10 Å². The third-order valence-electron chi connectivity index (χ3n) is 4.01. The number of halogens is 1. The van der Waals surface area contributed by atoms with E-state index in [0.717, 1.165) is 15.8 Å². The van der Waals surface area contributed by atoms with Gasteiger partial charge in [-0.25, -0.2) is 0 Å². The maximum absolute atomic E-state index is 12.6. The Morgan fingerprint density at radius 1 is 0.926 bits per heavy atom. The van der Waals surface area contributed by atoms with E-state index in [4.69, 9.17) is 4.74 Å². The Kier molecular flexibility index (Phi) is 6.14. The number of para-hydroxylation sites is 2. The number of benzene rings is 3. The molecule has 0 aliphatic rings. The van der Waals surface area contributed by atoms with Crippen LogP contribution in [0.4, 0.5) is 17.1 Å². The molecule has 3 aromatic carbocycles. The molecule has 1 atom stereocenters. The van der Waals surface area contributed by atoms with Crippen LogP contribution in [0.3, 0.4) is 0 Å². The Bertz CT molecular complexity index is 908. The number of aryl methyl sites for hydroxylation is 1. The van der Waals surface area contributed by atoms with Crippen molar-refractivity contribution in [3.05, 3.63) is 82.8 Å². The molecule has 3 rings (SSSR count). The first-order chi connectivity index (χ1) is 13.0.